The van der Waals surface area contributed by atoms with E-state index >= 15 is 0 Å². The predicted molar refractivity (Wildman–Crippen MR) is 90.1 cm³/mol. The summed E-state index contributed by atoms with van der Waals surface area (Å²) in [4.78, 5) is 33.8. The Labute approximate surface area is 144 Å². The minimum Gasteiger partial charge on any atom is -0.451 e. The second kappa shape index (κ2) is 8.05. The number of Topliss-reactive ketones (excluding diaryl/α,β-unsaturated/α-hetero) is 1. The Morgan fingerprint density at radius 2 is 1.92 bits per heavy atom. The molecular formula is C18H17NO6. The molecule has 7 heteroatoms. The van der Waals surface area contributed by atoms with Crippen molar-refractivity contribution in [1.82, 2.24) is 0 Å². The third-order valence-corrected chi connectivity index (χ3v) is 3.49. The largest absolute Gasteiger partial charge is 0.451 e. The van der Waals surface area contributed by atoms with E-state index < -0.39 is 22.9 Å². The lowest BCUT2D eigenvalue weighted by molar-refractivity contribution is -0.402. The van der Waals surface area contributed by atoms with E-state index in [-0.39, 0.29) is 11.5 Å². The topological polar surface area (TPSA) is 99.7 Å². The Bertz CT molecular complexity index is 803. The third-order valence-electron chi connectivity index (χ3n) is 3.49. The maximum Gasteiger partial charge on any atom is 0.433 e. The molecule has 0 fully saturated rings. The van der Waals surface area contributed by atoms with Crippen LogP contribution in [0.15, 0.2) is 46.9 Å². The van der Waals surface area contributed by atoms with Gasteiger partial charge in [0, 0.05) is 11.6 Å². The Balaban J connectivity index is 1.94. The molecule has 25 heavy (non-hydrogen) atoms. The molecule has 0 saturated heterocycles. The van der Waals surface area contributed by atoms with Crippen LogP contribution in [0.2, 0.25) is 0 Å². The zero-order valence-corrected chi connectivity index (χ0v) is 13.8. The van der Waals surface area contributed by atoms with Gasteiger partial charge in [0.25, 0.3) is 0 Å². The molecule has 1 heterocycles. The molecule has 0 N–H and O–H groups in total. The summed E-state index contributed by atoms with van der Waals surface area (Å²) in [5, 5.41) is 10.5. The fraction of sp³-hybridized carbons (Fsp3) is 0.222. The number of hydrogen-bond acceptors (Lipinski definition) is 6. The number of esters is 1. The molecule has 1 aromatic carbocycles. The summed E-state index contributed by atoms with van der Waals surface area (Å²) in [5.74, 6) is -1.34. The Morgan fingerprint density at radius 3 is 2.48 bits per heavy atom. The van der Waals surface area contributed by atoms with Gasteiger partial charge in [-0.15, -0.1) is 0 Å². The summed E-state index contributed by atoms with van der Waals surface area (Å²) in [6, 6.07) is 9.63. The van der Waals surface area contributed by atoms with Crippen LogP contribution in [0.25, 0.3) is 6.08 Å². The van der Waals surface area contributed by atoms with Crippen molar-refractivity contribution in [2.24, 2.45) is 0 Å². The molecule has 0 bridgehead atoms. The van der Waals surface area contributed by atoms with E-state index in [2.05, 4.69) is 0 Å². The van der Waals surface area contributed by atoms with Gasteiger partial charge in [-0.2, -0.15) is 0 Å². The molecule has 0 unspecified atom stereocenters. The van der Waals surface area contributed by atoms with Crippen molar-refractivity contribution in [1.29, 1.82) is 0 Å². The number of aryl methyl sites for hydroxylation is 1. The van der Waals surface area contributed by atoms with Crippen molar-refractivity contribution < 1.29 is 23.7 Å². The van der Waals surface area contributed by atoms with Gasteiger partial charge in [0.1, 0.15) is 10.7 Å². The fourth-order valence-electron chi connectivity index (χ4n) is 2.09. The number of furan rings is 1. The number of ether oxygens (including phenoxy) is 1. The van der Waals surface area contributed by atoms with E-state index in [0.29, 0.717) is 5.56 Å². The third kappa shape index (κ3) is 4.87. The molecule has 2 aromatic rings. The fourth-order valence-corrected chi connectivity index (χ4v) is 2.09. The van der Waals surface area contributed by atoms with Crippen LogP contribution in [0, 0.1) is 10.1 Å². The molecule has 0 saturated carbocycles. The van der Waals surface area contributed by atoms with Crippen LogP contribution in [0.5, 0.6) is 0 Å². The molecular weight excluding hydrogens is 326 g/mol. The monoisotopic (exact) mass is 343 g/mol. The lowest BCUT2D eigenvalue weighted by Gasteiger charge is -2.11. The molecule has 0 aliphatic rings. The molecule has 0 amide bonds. The molecule has 7 nitrogen and oxygen atoms in total. The van der Waals surface area contributed by atoms with Gasteiger partial charge in [-0.05, 0) is 31.1 Å². The lowest BCUT2D eigenvalue weighted by atomic mass is 10.0. The number of benzene rings is 1. The van der Waals surface area contributed by atoms with Crippen molar-refractivity contribution in [3.63, 3.8) is 0 Å². The molecule has 2 rings (SSSR count). The average Bonchev–Trinajstić information content (AvgIpc) is 3.08. The molecule has 0 spiro atoms. The number of hydrogen-bond donors (Lipinski definition) is 0. The van der Waals surface area contributed by atoms with E-state index in [9.17, 15) is 19.7 Å². The summed E-state index contributed by atoms with van der Waals surface area (Å²) in [5.41, 5.74) is 1.57. The highest BCUT2D eigenvalue weighted by atomic mass is 16.6. The summed E-state index contributed by atoms with van der Waals surface area (Å²) in [7, 11) is 0. The number of ketones is 1. The quantitative estimate of drug-likeness (QED) is 0.250. The SMILES string of the molecule is CCc1ccc(C(=O)[C@H](C)OC(=O)/C=C/c2ccc([N+](=O)[O-])o2)cc1. The number of carbonyl (C=O) groups is 2. The van der Waals surface area contributed by atoms with Gasteiger partial charge in [-0.1, -0.05) is 31.2 Å². The molecule has 130 valence electrons. The number of carbonyl (C=O) groups excluding carboxylic acids is 2. The van der Waals surface area contributed by atoms with Crippen LogP contribution in [0.1, 0.15) is 35.5 Å². The van der Waals surface area contributed by atoms with Crippen LogP contribution < -0.4 is 0 Å². The van der Waals surface area contributed by atoms with Gasteiger partial charge in [0.15, 0.2) is 6.10 Å². The first kappa shape index (κ1) is 18.1. The molecule has 0 radical (unpaired) electrons. The van der Waals surface area contributed by atoms with Crippen molar-refractivity contribution in [2.45, 2.75) is 26.4 Å². The van der Waals surface area contributed by atoms with Crippen LogP contribution in [0.4, 0.5) is 5.88 Å². The molecule has 0 aliphatic carbocycles. The minimum absolute atomic E-state index is 0.137. The summed E-state index contributed by atoms with van der Waals surface area (Å²) >= 11 is 0. The Hall–Kier alpha value is -3.22. The smallest absolute Gasteiger partial charge is 0.433 e. The standard InChI is InChI=1S/C18H17NO6/c1-3-13-4-6-14(7-5-13)18(21)12(2)24-17(20)11-9-15-8-10-16(25-15)19(22)23/h4-12H,3H2,1-2H3/b11-9+/t12-/m0/s1. The van der Waals surface area contributed by atoms with E-state index in [1.54, 1.807) is 12.1 Å². The zero-order chi connectivity index (χ0) is 18.4. The van der Waals surface area contributed by atoms with Gasteiger partial charge in [0.2, 0.25) is 5.78 Å². The van der Waals surface area contributed by atoms with Gasteiger partial charge in [-0.3, -0.25) is 14.9 Å². The summed E-state index contributed by atoms with van der Waals surface area (Å²) in [6.07, 6.45) is 2.21. The Kier molecular flexibility index (Phi) is 5.84. The summed E-state index contributed by atoms with van der Waals surface area (Å²) in [6.45, 7) is 3.50. The van der Waals surface area contributed by atoms with Crippen LogP contribution in [-0.4, -0.2) is 22.8 Å². The molecule has 0 aliphatic heterocycles. The average molecular weight is 343 g/mol. The maximum absolute atomic E-state index is 12.2. The molecule has 1 aromatic heterocycles. The van der Waals surface area contributed by atoms with E-state index in [1.165, 1.54) is 25.1 Å². The normalized spacial score (nSPS) is 12.1. The van der Waals surface area contributed by atoms with Gasteiger partial charge in [0.05, 0.1) is 6.07 Å². The van der Waals surface area contributed by atoms with E-state index in [4.69, 9.17) is 9.15 Å². The maximum atomic E-state index is 12.2. The number of nitro groups is 1. The van der Waals surface area contributed by atoms with Gasteiger partial charge in [-0.25, -0.2) is 4.79 Å². The van der Waals surface area contributed by atoms with E-state index in [0.717, 1.165) is 18.1 Å². The van der Waals surface area contributed by atoms with Crippen LogP contribution in [-0.2, 0) is 16.0 Å². The van der Waals surface area contributed by atoms with Crippen molar-refractivity contribution in [3.05, 3.63) is 69.5 Å². The predicted octanol–water partition coefficient (Wildman–Crippen LogP) is 3.58. The highest BCUT2D eigenvalue weighted by Gasteiger charge is 2.18. The van der Waals surface area contributed by atoms with E-state index in [1.807, 2.05) is 19.1 Å². The second-order valence-electron chi connectivity index (χ2n) is 5.26. The van der Waals surface area contributed by atoms with Crippen LogP contribution in [0.3, 0.4) is 0 Å². The Morgan fingerprint density at radius 1 is 1.24 bits per heavy atom. The first-order chi connectivity index (χ1) is 11.9. The molecule has 1 atom stereocenters. The van der Waals surface area contributed by atoms with Crippen molar-refractivity contribution >= 4 is 23.7 Å². The van der Waals surface area contributed by atoms with Gasteiger partial charge >= 0.3 is 11.9 Å². The minimum atomic E-state index is -0.949. The van der Waals surface area contributed by atoms with Gasteiger partial charge < -0.3 is 9.15 Å². The number of rotatable bonds is 7. The highest BCUT2D eigenvalue weighted by Crippen LogP contribution is 2.17. The lowest BCUT2D eigenvalue weighted by Crippen LogP contribution is -2.23. The summed E-state index contributed by atoms with van der Waals surface area (Å²) < 4.78 is 9.93. The first-order valence-corrected chi connectivity index (χ1v) is 7.66. The second-order valence-corrected chi connectivity index (χ2v) is 5.26. The number of nitrogens with zero attached hydrogens (tertiary/aromatic N) is 1. The van der Waals surface area contributed by atoms with Crippen molar-refractivity contribution in [3.8, 4) is 0 Å². The zero-order valence-electron chi connectivity index (χ0n) is 13.8. The van der Waals surface area contributed by atoms with Crippen molar-refractivity contribution in [2.75, 3.05) is 0 Å². The highest BCUT2D eigenvalue weighted by molar-refractivity contribution is 6.01. The van der Waals surface area contributed by atoms with Crippen LogP contribution >= 0.6 is 0 Å². The first-order valence-electron chi connectivity index (χ1n) is 7.66.